The molecule has 0 aliphatic heterocycles. The van der Waals surface area contributed by atoms with Gasteiger partial charge in [-0.25, -0.2) is 4.79 Å². The molecule has 1 aromatic rings. The lowest BCUT2D eigenvalue weighted by Crippen LogP contribution is -2.22. The van der Waals surface area contributed by atoms with E-state index < -0.39 is 11.6 Å². The predicted molar refractivity (Wildman–Crippen MR) is 107 cm³/mol. The fraction of sp³-hybridized carbons (Fsp3) is 0.500. The van der Waals surface area contributed by atoms with Gasteiger partial charge in [-0.05, 0) is 62.1 Å². The summed E-state index contributed by atoms with van der Waals surface area (Å²) in [4.78, 5) is 24.7. The smallest absolute Gasteiger partial charge is 0.330 e. The number of ether oxygens (including phenoxy) is 2. The number of carbonyl (C=O) groups excluding carboxylic acids is 2. The zero-order valence-electron chi connectivity index (χ0n) is 17.2. The quantitative estimate of drug-likeness (QED) is 0.442. The molecule has 0 spiro atoms. The molecule has 4 nitrogen and oxygen atoms in total. The molecule has 0 aromatic heterocycles. The second kappa shape index (κ2) is 7.13. The number of hydrogen-bond acceptors (Lipinski definition) is 4. The summed E-state index contributed by atoms with van der Waals surface area (Å²) >= 11 is 0. The highest BCUT2D eigenvalue weighted by Crippen LogP contribution is 2.60. The van der Waals surface area contributed by atoms with Crippen LogP contribution in [0.15, 0.2) is 30.4 Å². The van der Waals surface area contributed by atoms with Crippen molar-refractivity contribution < 1.29 is 19.1 Å². The Morgan fingerprint density at radius 3 is 2.64 bits per heavy atom. The molecule has 0 N–H and O–H groups in total. The molecule has 1 unspecified atom stereocenters. The Labute approximate surface area is 167 Å². The van der Waals surface area contributed by atoms with Gasteiger partial charge in [-0.15, -0.1) is 6.42 Å². The Balaban J connectivity index is 1.65. The summed E-state index contributed by atoms with van der Waals surface area (Å²) in [5.74, 6) is 1.80. The number of benzene rings is 1. The average molecular weight is 380 g/mol. The minimum atomic E-state index is -0.536. The standard InChI is InChI=1S/C24H28O4/c1-7-15-9-8-10-17-16(15)11-13-19(17)27-22(26)21-18(24(21,5)6)12-14-20(25)28-23(2,3)4/h1,8-10,12,14,18-19,21H,11,13H2,2-6H3/t18-,19?,21-/m1/s1. The fourth-order valence-electron chi connectivity index (χ4n) is 4.09. The SMILES string of the molecule is C#Cc1cccc2c1CCC2OC(=O)[C@H]1[C@@H](C=CC(=O)OC(C)(C)C)C1(C)C. The molecule has 0 saturated heterocycles. The highest BCUT2D eigenvalue weighted by molar-refractivity contribution is 5.83. The summed E-state index contributed by atoms with van der Waals surface area (Å²) in [6, 6.07) is 5.82. The first kappa shape index (κ1) is 20.2. The largest absolute Gasteiger partial charge is 0.457 e. The summed E-state index contributed by atoms with van der Waals surface area (Å²) in [5, 5.41) is 0. The topological polar surface area (TPSA) is 52.6 Å². The Morgan fingerprint density at radius 1 is 1.29 bits per heavy atom. The molecule has 148 valence electrons. The van der Waals surface area contributed by atoms with Crippen LogP contribution in [0.25, 0.3) is 0 Å². The van der Waals surface area contributed by atoms with E-state index in [1.54, 1.807) is 6.08 Å². The van der Waals surface area contributed by atoms with Gasteiger partial charge in [0.2, 0.25) is 0 Å². The van der Waals surface area contributed by atoms with Crippen molar-refractivity contribution in [3.8, 4) is 12.3 Å². The zero-order chi connectivity index (χ0) is 20.7. The lowest BCUT2D eigenvalue weighted by atomic mass is 10.0. The van der Waals surface area contributed by atoms with Crippen LogP contribution in [0.1, 0.15) is 63.8 Å². The van der Waals surface area contributed by atoms with Gasteiger partial charge in [-0.3, -0.25) is 4.79 Å². The zero-order valence-corrected chi connectivity index (χ0v) is 17.2. The van der Waals surface area contributed by atoms with Crippen molar-refractivity contribution in [1.29, 1.82) is 0 Å². The van der Waals surface area contributed by atoms with E-state index in [1.807, 2.05) is 52.8 Å². The summed E-state index contributed by atoms with van der Waals surface area (Å²) < 4.78 is 11.1. The minimum absolute atomic E-state index is 0.0366. The molecule has 4 heteroatoms. The molecular weight excluding hydrogens is 352 g/mol. The van der Waals surface area contributed by atoms with Crippen LogP contribution >= 0.6 is 0 Å². The van der Waals surface area contributed by atoms with Crippen molar-refractivity contribution in [1.82, 2.24) is 0 Å². The molecule has 1 saturated carbocycles. The van der Waals surface area contributed by atoms with Gasteiger partial charge >= 0.3 is 11.9 Å². The van der Waals surface area contributed by atoms with E-state index in [4.69, 9.17) is 15.9 Å². The number of terminal acetylenes is 1. The van der Waals surface area contributed by atoms with Crippen LogP contribution < -0.4 is 0 Å². The fourth-order valence-corrected chi connectivity index (χ4v) is 4.09. The highest BCUT2D eigenvalue weighted by atomic mass is 16.6. The molecule has 2 aliphatic rings. The summed E-state index contributed by atoms with van der Waals surface area (Å²) in [7, 11) is 0. The minimum Gasteiger partial charge on any atom is -0.457 e. The summed E-state index contributed by atoms with van der Waals surface area (Å²) in [5.41, 5.74) is 2.23. The van der Waals surface area contributed by atoms with Crippen LogP contribution in [0.3, 0.4) is 0 Å². The molecule has 1 fully saturated rings. The molecule has 0 amide bonds. The Hall–Kier alpha value is -2.54. The summed E-state index contributed by atoms with van der Waals surface area (Å²) in [6.45, 7) is 9.51. The van der Waals surface area contributed by atoms with Gasteiger partial charge in [-0.1, -0.05) is 38.0 Å². The first-order chi connectivity index (χ1) is 13.0. The van der Waals surface area contributed by atoms with E-state index in [-0.39, 0.29) is 29.3 Å². The monoisotopic (exact) mass is 380 g/mol. The average Bonchev–Trinajstić information content (AvgIpc) is 2.92. The molecule has 28 heavy (non-hydrogen) atoms. The third-order valence-corrected chi connectivity index (χ3v) is 5.64. The molecule has 3 rings (SSSR count). The first-order valence-corrected chi connectivity index (χ1v) is 9.74. The Bertz CT molecular complexity index is 864. The maximum atomic E-state index is 12.8. The number of rotatable bonds is 4. The van der Waals surface area contributed by atoms with Gasteiger partial charge in [-0.2, -0.15) is 0 Å². The summed E-state index contributed by atoms with van der Waals surface area (Å²) in [6.07, 6.45) is 10.1. The van der Waals surface area contributed by atoms with Crippen molar-refractivity contribution >= 4 is 11.9 Å². The molecule has 1 aromatic carbocycles. The molecular formula is C24H28O4. The van der Waals surface area contributed by atoms with Gasteiger partial charge in [0.05, 0.1) is 5.92 Å². The molecule has 0 heterocycles. The lowest BCUT2D eigenvalue weighted by Gasteiger charge is -2.17. The number of allylic oxidation sites excluding steroid dienone is 1. The lowest BCUT2D eigenvalue weighted by molar-refractivity contribution is -0.152. The number of hydrogen-bond donors (Lipinski definition) is 0. The van der Waals surface area contributed by atoms with Gasteiger partial charge < -0.3 is 9.47 Å². The third-order valence-electron chi connectivity index (χ3n) is 5.64. The number of fused-ring (bicyclic) bond motifs is 1. The van der Waals surface area contributed by atoms with Crippen LogP contribution in [0, 0.1) is 29.6 Å². The van der Waals surface area contributed by atoms with Crippen LogP contribution in [-0.2, 0) is 25.5 Å². The van der Waals surface area contributed by atoms with Crippen molar-refractivity contribution in [3.05, 3.63) is 47.0 Å². The Morgan fingerprint density at radius 2 is 2.00 bits per heavy atom. The van der Waals surface area contributed by atoms with Crippen molar-refractivity contribution in [2.75, 3.05) is 0 Å². The molecule has 2 aliphatic carbocycles. The maximum Gasteiger partial charge on any atom is 0.330 e. The maximum absolute atomic E-state index is 12.8. The van der Waals surface area contributed by atoms with Crippen LogP contribution in [0.5, 0.6) is 0 Å². The second-order valence-electron chi connectivity index (χ2n) is 9.20. The van der Waals surface area contributed by atoms with E-state index in [9.17, 15) is 9.59 Å². The van der Waals surface area contributed by atoms with E-state index in [2.05, 4.69) is 5.92 Å². The van der Waals surface area contributed by atoms with Crippen LogP contribution in [0.2, 0.25) is 0 Å². The normalized spacial score (nSPS) is 25.1. The van der Waals surface area contributed by atoms with Crippen LogP contribution in [-0.4, -0.2) is 17.5 Å². The molecule has 3 atom stereocenters. The van der Waals surface area contributed by atoms with Crippen molar-refractivity contribution in [3.63, 3.8) is 0 Å². The van der Waals surface area contributed by atoms with E-state index in [1.165, 1.54) is 6.08 Å². The molecule has 0 bridgehead atoms. The van der Waals surface area contributed by atoms with Gasteiger partial charge in [0.1, 0.15) is 11.7 Å². The first-order valence-electron chi connectivity index (χ1n) is 9.74. The van der Waals surface area contributed by atoms with Gasteiger partial charge in [0.25, 0.3) is 0 Å². The number of esters is 2. The van der Waals surface area contributed by atoms with E-state index in [0.717, 1.165) is 29.5 Å². The number of carbonyl (C=O) groups is 2. The highest BCUT2D eigenvalue weighted by Gasteiger charge is 2.61. The van der Waals surface area contributed by atoms with E-state index in [0.29, 0.717) is 0 Å². The van der Waals surface area contributed by atoms with Crippen molar-refractivity contribution in [2.24, 2.45) is 17.3 Å². The molecule has 0 radical (unpaired) electrons. The second-order valence-corrected chi connectivity index (χ2v) is 9.20. The van der Waals surface area contributed by atoms with Gasteiger partial charge in [0.15, 0.2) is 0 Å². The Kier molecular flexibility index (Phi) is 5.14. The van der Waals surface area contributed by atoms with Crippen LogP contribution in [0.4, 0.5) is 0 Å². The predicted octanol–water partition coefficient (Wildman–Crippen LogP) is 4.37. The van der Waals surface area contributed by atoms with E-state index >= 15 is 0 Å². The third kappa shape index (κ3) is 3.99. The van der Waals surface area contributed by atoms with Crippen molar-refractivity contribution in [2.45, 2.75) is 59.2 Å². The van der Waals surface area contributed by atoms with Gasteiger partial charge in [0, 0.05) is 11.6 Å².